The van der Waals surface area contributed by atoms with Gasteiger partial charge in [-0.3, -0.25) is 9.69 Å². The minimum atomic E-state index is 0.194. The standard InChI is InChI=1S/C14H19NO2/c1-12-10-15(8-5-9-17-12)11-14(16)13-6-3-2-4-7-13/h2-4,6-7,12H,5,8-11H2,1H3. The van der Waals surface area contributed by atoms with Gasteiger partial charge in [-0.05, 0) is 13.3 Å². The van der Waals surface area contributed by atoms with Gasteiger partial charge < -0.3 is 4.74 Å². The third kappa shape index (κ3) is 3.65. The van der Waals surface area contributed by atoms with E-state index < -0.39 is 0 Å². The molecule has 1 heterocycles. The molecular formula is C14H19NO2. The molecule has 3 nitrogen and oxygen atoms in total. The lowest BCUT2D eigenvalue weighted by molar-refractivity contribution is 0.0657. The van der Waals surface area contributed by atoms with Crippen LogP contribution in [0.3, 0.4) is 0 Å². The van der Waals surface area contributed by atoms with E-state index in [4.69, 9.17) is 4.74 Å². The predicted octanol–water partition coefficient (Wildman–Crippen LogP) is 1.98. The van der Waals surface area contributed by atoms with Gasteiger partial charge in [0.25, 0.3) is 0 Å². The van der Waals surface area contributed by atoms with Gasteiger partial charge in [0.05, 0.1) is 12.6 Å². The Balaban J connectivity index is 1.94. The van der Waals surface area contributed by atoms with Crippen molar-refractivity contribution in [3.8, 4) is 0 Å². The second-order valence-corrected chi connectivity index (χ2v) is 4.56. The summed E-state index contributed by atoms with van der Waals surface area (Å²) in [4.78, 5) is 14.2. The first-order valence-corrected chi connectivity index (χ1v) is 6.18. The van der Waals surface area contributed by atoms with Gasteiger partial charge in [0.1, 0.15) is 0 Å². The summed E-state index contributed by atoms with van der Waals surface area (Å²) in [6, 6.07) is 9.49. The van der Waals surface area contributed by atoms with Gasteiger partial charge in [-0.25, -0.2) is 0 Å². The lowest BCUT2D eigenvalue weighted by Crippen LogP contribution is -2.34. The Kier molecular flexibility index (Phi) is 4.29. The van der Waals surface area contributed by atoms with Crippen molar-refractivity contribution in [1.29, 1.82) is 0 Å². The Morgan fingerprint density at radius 2 is 2.18 bits per heavy atom. The second kappa shape index (κ2) is 5.94. The maximum absolute atomic E-state index is 12.0. The SMILES string of the molecule is CC1CN(CC(=O)c2ccccc2)CCCO1. The third-order valence-electron chi connectivity index (χ3n) is 3.00. The molecule has 0 N–H and O–H groups in total. The van der Waals surface area contributed by atoms with Gasteiger partial charge in [-0.1, -0.05) is 30.3 Å². The molecule has 1 saturated heterocycles. The second-order valence-electron chi connectivity index (χ2n) is 4.56. The van der Waals surface area contributed by atoms with Gasteiger partial charge in [0, 0.05) is 25.3 Å². The third-order valence-corrected chi connectivity index (χ3v) is 3.00. The van der Waals surface area contributed by atoms with E-state index in [2.05, 4.69) is 11.8 Å². The number of nitrogens with zero attached hydrogens (tertiary/aromatic N) is 1. The molecule has 0 radical (unpaired) electrons. The number of carbonyl (C=O) groups is 1. The number of carbonyl (C=O) groups excluding carboxylic acids is 1. The van der Waals surface area contributed by atoms with Crippen molar-refractivity contribution >= 4 is 5.78 Å². The molecule has 1 unspecified atom stereocenters. The molecule has 0 bridgehead atoms. The lowest BCUT2D eigenvalue weighted by atomic mass is 10.1. The first-order chi connectivity index (χ1) is 8.25. The zero-order chi connectivity index (χ0) is 12.1. The van der Waals surface area contributed by atoms with Crippen LogP contribution in [0.1, 0.15) is 23.7 Å². The molecule has 1 aromatic rings. The number of hydrogen-bond donors (Lipinski definition) is 0. The molecule has 0 spiro atoms. The van der Waals surface area contributed by atoms with E-state index in [1.165, 1.54) is 0 Å². The van der Waals surface area contributed by atoms with Crippen molar-refractivity contribution in [2.24, 2.45) is 0 Å². The fraction of sp³-hybridized carbons (Fsp3) is 0.500. The van der Waals surface area contributed by atoms with Crippen LogP contribution in [0.5, 0.6) is 0 Å². The molecule has 1 aliphatic rings. The Morgan fingerprint density at radius 1 is 1.41 bits per heavy atom. The zero-order valence-electron chi connectivity index (χ0n) is 10.3. The van der Waals surface area contributed by atoms with E-state index in [0.717, 1.165) is 31.7 Å². The summed E-state index contributed by atoms with van der Waals surface area (Å²) in [6.07, 6.45) is 1.23. The van der Waals surface area contributed by atoms with E-state index in [1.54, 1.807) is 0 Å². The first kappa shape index (κ1) is 12.3. The van der Waals surface area contributed by atoms with E-state index in [0.29, 0.717) is 6.54 Å². The zero-order valence-corrected chi connectivity index (χ0v) is 10.3. The van der Waals surface area contributed by atoms with Crippen molar-refractivity contribution in [2.45, 2.75) is 19.4 Å². The molecule has 0 amide bonds. The summed E-state index contributed by atoms with van der Waals surface area (Å²) in [5.74, 6) is 0.194. The predicted molar refractivity (Wildman–Crippen MR) is 67.2 cm³/mol. The van der Waals surface area contributed by atoms with Crippen molar-refractivity contribution in [3.63, 3.8) is 0 Å². The maximum atomic E-state index is 12.0. The van der Waals surface area contributed by atoms with Crippen LogP contribution in [0, 0.1) is 0 Å². The van der Waals surface area contributed by atoms with Crippen molar-refractivity contribution in [3.05, 3.63) is 35.9 Å². The number of ketones is 1. The number of hydrogen-bond acceptors (Lipinski definition) is 3. The van der Waals surface area contributed by atoms with E-state index in [-0.39, 0.29) is 11.9 Å². The van der Waals surface area contributed by atoms with Crippen LogP contribution in [0.15, 0.2) is 30.3 Å². The Morgan fingerprint density at radius 3 is 2.94 bits per heavy atom. The summed E-state index contributed by atoms with van der Waals surface area (Å²) in [6.45, 7) is 5.15. The molecule has 0 aliphatic carbocycles. The Hall–Kier alpha value is -1.19. The topological polar surface area (TPSA) is 29.5 Å². The molecule has 1 aromatic carbocycles. The number of benzene rings is 1. The average molecular weight is 233 g/mol. The van der Waals surface area contributed by atoms with Crippen molar-refractivity contribution in [2.75, 3.05) is 26.2 Å². The maximum Gasteiger partial charge on any atom is 0.176 e. The molecule has 17 heavy (non-hydrogen) atoms. The van der Waals surface area contributed by atoms with Gasteiger partial charge in [-0.2, -0.15) is 0 Å². The lowest BCUT2D eigenvalue weighted by Gasteiger charge is -2.20. The molecule has 0 saturated carbocycles. The Labute approximate surface area is 102 Å². The molecular weight excluding hydrogens is 214 g/mol. The Bertz CT molecular complexity index is 364. The highest BCUT2D eigenvalue weighted by atomic mass is 16.5. The summed E-state index contributed by atoms with van der Waals surface area (Å²) < 4.78 is 5.57. The first-order valence-electron chi connectivity index (χ1n) is 6.18. The van der Waals surface area contributed by atoms with Gasteiger partial charge in [-0.15, -0.1) is 0 Å². The monoisotopic (exact) mass is 233 g/mol. The summed E-state index contributed by atoms with van der Waals surface area (Å²) in [7, 11) is 0. The summed E-state index contributed by atoms with van der Waals surface area (Å²) in [5, 5.41) is 0. The van der Waals surface area contributed by atoms with Crippen LogP contribution < -0.4 is 0 Å². The largest absolute Gasteiger partial charge is 0.377 e. The fourth-order valence-electron chi connectivity index (χ4n) is 2.14. The smallest absolute Gasteiger partial charge is 0.176 e. The molecule has 1 atom stereocenters. The van der Waals surface area contributed by atoms with Gasteiger partial charge in [0.2, 0.25) is 0 Å². The normalized spacial score (nSPS) is 22.1. The van der Waals surface area contributed by atoms with Crippen LogP contribution in [0.25, 0.3) is 0 Å². The van der Waals surface area contributed by atoms with Crippen LogP contribution in [0.2, 0.25) is 0 Å². The molecule has 1 fully saturated rings. The summed E-state index contributed by atoms with van der Waals surface area (Å²) in [5.41, 5.74) is 0.797. The van der Waals surface area contributed by atoms with Gasteiger partial charge in [0.15, 0.2) is 5.78 Å². The van der Waals surface area contributed by atoms with Crippen LogP contribution in [-0.4, -0.2) is 43.0 Å². The molecule has 2 rings (SSSR count). The van der Waals surface area contributed by atoms with Crippen LogP contribution >= 0.6 is 0 Å². The molecule has 0 aromatic heterocycles. The minimum absolute atomic E-state index is 0.194. The highest BCUT2D eigenvalue weighted by molar-refractivity contribution is 5.97. The van der Waals surface area contributed by atoms with E-state index >= 15 is 0 Å². The van der Waals surface area contributed by atoms with Crippen LogP contribution in [-0.2, 0) is 4.74 Å². The van der Waals surface area contributed by atoms with E-state index in [1.807, 2.05) is 30.3 Å². The number of ether oxygens (including phenoxy) is 1. The minimum Gasteiger partial charge on any atom is -0.377 e. The highest BCUT2D eigenvalue weighted by Gasteiger charge is 2.17. The average Bonchev–Trinajstić information content (AvgIpc) is 2.55. The van der Waals surface area contributed by atoms with Crippen molar-refractivity contribution < 1.29 is 9.53 Å². The number of Topliss-reactive ketones (excluding diaryl/α,β-unsaturated/α-hetero) is 1. The fourth-order valence-corrected chi connectivity index (χ4v) is 2.14. The van der Waals surface area contributed by atoms with Crippen LogP contribution in [0.4, 0.5) is 0 Å². The molecule has 3 heteroatoms. The molecule has 92 valence electrons. The van der Waals surface area contributed by atoms with Gasteiger partial charge >= 0.3 is 0 Å². The summed E-state index contributed by atoms with van der Waals surface area (Å²) >= 11 is 0. The van der Waals surface area contributed by atoms with E-state index in [9.17, 15) is 4.79 Å². The van der Waals surface area contributed by atoms with Crippen molar-refractivity contribution in [1.82, 2.24) is 4.90 Å². The number of rotatable bonds is 3. The quantitative estimate of drug-likeness (QED) is 0.748. The highest BCUT2D eigenvalue weighted by Crippen LogP contribution is 2.07. The molecule has 1 aliphatic heterocycles.